The second-order valence-electron chi connectivity index (χ2n) is 3.67. The van der Waals surface area contributed by atoms with Gasteiger partial charge in [-0.25, -0.2) is 4.79 Å². The van der Waals surface area contributed by atoms with Gasteiger partial charge in [0.05, 0.1) is 23.9 Å². The van der Waals surface area contributed by atoms with Gasteiger partial charge in [0.2, 0.25) is 0 Å². The minimum Gasteiger partial charge on any atom is -0.496 e. The van der Waals surface area contributed by atoms with E-state index in [-0.39, 0.29) is 5.56 Å². The molecule has 0 aliphatic rings. The van der Waals surface area contributed by atoms with E-state index in [4.69, 9.17) is 9.84 Å². The number of aryl methyl sites for hydroxylation is 1. The lowest BCUT2D eigenvalue weighted by atomic mass is 10.1. The molecule has 0 saturated heterocycles. The summed E-state index contributed by atoms with van der Waals surface area (Å²) < 4.78 is 5.20. The van der Waals surface area contributed by atoms with Gasteiger partial charge in [-0.05, 0) is 24.6 Å². The number of nitrogens with zero attached hydrogens (tertiary/aromatic N) is 1. The molecular weight excluding hydrogens is 218 g/mol. The first kappa shape index (κ1) is 11.4. The topological polar surface area (TPSA) is 59.4 Å². The molecule has 2 rings (SSSR count). The Bertz CT molecular complexity index is 578. The zero-order valence-corrected chi connectivity index (χ0v) is 9.73. The van der Waals surface area contributed by atoms with Crippen LogP contribution in [0.5, 0.6) is 5.75 Å². The molecule has 0 aliphatic carbocycles. The molecule has 0 spiro atoms. The van der Waals surface area contributed by atoms with E-state index < -0.39 is 5.97 Å². The monoisotopic (exact) mass is 231 g/mol. The first-order valence-electron chi connectivity index (χ1n) is 5.37. The Morgan fingerprint density at radius 2 is 2.24 bits per heavy atom. The van der Waals surface area contributed by atoms with Crippen LogP contribution in [-0.4, -0.2) is 23.2 Å². The molecule has 1 heterocycles. The molecular formula is C13H13NO3. The first-order chi connectivity index (χ1) is 8.17. The predicted octanol–water partition coefficient (Wildman–Crippen LogP) is 2.50. The van der Waals surface area contributed by atoms with Crippen LogP contribution in [0.4, 0.5) is 0 Å². The third kappa shape index (κ3) is 1.93. The van der Waals surface area contributed by atoms with Crippen molar-refractivity contribution in [3.8, 4) is 5.75 Å². The Hall–Kier alpha value is -2.10. The van der Waals surface area contributed by atoms with Crippen LogP contribution in [-0.2, 0) is 6.42 Å². The van der Waals surface area contributed by atoms with E-state index in [2.05, 4.69) is 4.98 Å². The average Bonchev–Trinajstić information content (AvgIpc) is 2.36. The molecule has 0 radical (unpaired) electrons. The molecule has 1 aromatic heterocycles. The van der Waals surface area contributed by atoms with Gasteiger partial charge in [-0.1, -0.05) is 13.0 Å². The van der Waals surface area contributed by atoms with Crippen molar-refractivity contribution in [3.63, 3.8) is 0 Å². The number of carbonyl (C=O) groups is 1. The SMILES string of the molecule is CCc1nc2cccc(OC)c2cc1C(=O)O. The van der Waals surface area contributed by atoms with Crippen LogP contribution in [0.15, 0.2) is 24.3 Å². The van der Waals surface area contributed by atoms with Crippen LogP contribution in [0.2, 0.25) is 0 Å². The van der Waals surface area contributed by atoms with Gasteiger partial charge in [-0.3, -0.25) is 4.98 Å². The maximum atomic E-state index is 11.1. The van der Waals surface area contributed by atoms with Crippen molar-refractivity contribution in [3.05, 3.63) is 35.5 Å². The zero-order valence-electron chi connectivity index (χ0n) is 9.73. The molecule has 0 amide bonds. The quantitative estimate of drug-likeness (QED) is 0.881. The normalized spacial score (nSPS) is 10.5. The Labute approximate surface area is 98.9 Å². The molecule has 0 bridgehead atoms. The standard InChI is InChI=1S/C13H13NO3/c1-3-10-9(13(15)16)7-8-11(14-10)5-4-6-12(8)17-2/h4-7H,3H2,1-2H3,(H,15,16). The molecule has 17 heavy (non-hydrogen) atoms. The molecule has 0 saturated carbocycles. The number of hydrogen-bond acceptors (Lipinski definition) is 3. The van der Waals surface area contributed by atoms with Gasteiger partial charge in [-0.15, -0.1) is 0 Å². The Kier molecular flexibility index (Phi) is 2.95. The van der Waals surface area contributed by atoms with E-state index in [1.165, 1.54) is 0 Å². The Balaban J connectivity index is 2.78. The number of rotatable bonds is 3. The van der Waals surface area contributed by atoms with Gasteiger partial charge < -0.3 is 9.84 Å². The Morgan fingerprint density at radius 1 is 1.47 bits per heavy atom. The van der Waals surface area contributed by atoms with E-state index in [1.807, 2.05) is 19.1 Å². The van der Waals surface area contributed by atoms with E-state index in [9.17, 15) is 4.79 Å². The van der Waals surface area contributed by atoms with Gasteiger partial charge in [0.15, 0.2) is 0 Å². The number of methoxy groups -OCH3 is 1. The molecule has 0 aliphatic heterocycles. The van der Waals surface area contributed by atoms with Crippen molar-refractivity contribution < 1.29 is 14.6 Å². The van der Waals surface area contributed by atoms with Crippen molar-refractivity contribution in [1.29, 1.82) is 0 Å². The second kappa shape index (κ2) is 4.41. The highest BCUT2D eigenvalue weighted by atomic mass is 16.5. The fourth-order valence-electron chi connectivity index (χ4n) is 1.84. The maximum Gasteiger partial charge on any atom is 0.337 e. The number of ether oxygens (including phenoxy) is 1. The number of carboxylic acids is 1. The molecule has 1 aromatic carbocycles. The van der Waals surface area contributed by atoms with Crippen molar-refractivity contribution >= 4 is 16.9 Å². The molecule has 0 atom stereocenters. The molecule has 4 nitrogen and oxygen atoms in total. The number of benzene rings is 1. The lowest BCUT2D eigenvalue weighted by molar-refractivity contribution is 0.0695. The summed E-state index contributed by atoms with van der Waals surface area (Å²) in [6, 6.07) is 7.11. The highest BCUT2D eigenvalue weighted by Gasteiger charge is 2.13. The smallest absolute Gasteiger partial charge is 0.337 e. The third-order valence-electron chi connectivity index (χ3n) is 2.68. The fraction of sp³-hybridized carbons (Fsp3) is 0.231. The predicted molar refractivity (Wildman–Crippen MR) is 64.6 cm³/mol. The summed E-state index contributed by atoms with van der Waals surface area (Å²) in [6.45, 7) is 1.89. The molecule has 0 fully saturated rings. The average molecular weight is 231 g/mol. The summed E-state index contributed by atoms with van der Waals surface area (Å²) >= 11 is 0. The van der Waals surface area contributed by atoms with E-state index in [0.717, 1.165) is 10.9 Å². The highest BCUT2D eigenvalue weighted by molar-refractivity contribution is 5.96. The van der Waals surface area contributed by atoms with Crippen LogP contribution in [0.1, 0.15) is 23.0 Å². The number of aromatic carboxylic acids is 1. The van der Waals surface area contributed by atoms with E-state index in [1.54, 1.807) is 19.2 Å². The van der Waals surface area contributed by atoms with E-state index >= 15 is 0 Å². The summed E-state index contributed by atoms with van der Waals surface area (Å²) in [5.74, 6) is -0.317. The zero-order chi connectivity index (χ0) is 12.4. The van der Waals surface area contributed by atoms with Gasteiger partial charge in [0.1, 0.15) is 5.75 Å². The van der Waals surface area contributed by atoms with Crippen molar-refractivity contribution in [2.24, 2.45) is 0 Å². The number of pyridine rings is 1. The van der Waals surface area contributed by atoms with Crippen molar-refractivity contribution in [1.82, 2.24) is 4.98 Å². The third-order valence-corrected chi connectivity index (χ3v) is 2.68. The van der Waals surface area contributed by atoms with Crippen LogP contribution in [0, 0.1) is 0 Å². The number of carboxylic acid groups (broad SMARTS) is 1. The van der Waals surface area contributed by atoms with Crippen molar-refractivity contribution in [2.45, 2.75) is 13.3 Å². The Morgan fingerprint density at radius 3 is 2.82 bits per heavy atom. The van der Waals surface area contributed by atoms with E-state index in [0.29, 0.717) is 17.9 Å². The van der Waals surface area contributed by atoms with Gasteiger partial charge >= 0.3 is 5.97 Å². The van der Waals surface area contributed by atoms with Gasteiger partial charge in [-0.2, -0.15) is 0 Å². The number of hydrogen-bond donors (Lipinski definition) is 1. The molecule has 4 heteroatoms. The summed E-state index contributed by atoms with van der Waals surface area (Å²) in [5, 5.41) is 9.87. The molecule has 88 valence electrons. The fourth-order valence-corrected chi connectivity index (χ4v) is 1.84. The minimum atomic E-state index is -0.956. The number of aromatic nitrogens is 1. The summed E-state index contributed by atoms with van der Waals surface area (Å²) in [4.78, 5) is 15.5. The highest BCUT2D eigenvalue weighted by Crippen LogP contribution is 2.26. The lowest BCUT2D eigenvalue weighted by Crippen LogP contribution is -2.04. The van der Waals surface area contributed by atoms with Crippen LogP contribution < -0.4 is 4.74 Å². The summed E-state index contributed by atoms with van der Waals surface area (Å²) in [5.41, 5.74) is 1.59. The van der Waals surface area contributed by atoms with Crippen LogP contribution in [0.3, 0.4) is 0 Å². The number of fused-ring (bicyclic) bond motifs is 1. The summed E-state index contributed by atoms with van der Waals surface area (Å²) in [7, 11) is 1.56. The van der Waals surface area contributed by atoms with Gasteiger partial charge in [0.25, 0.3) is 0 Å². The lowest BCUT2D eigenvalue weighted by Gasteiger charge is -2.08. The maximum absolute atomic E-state index is 11.1. The van der Waals surface area contributed by atoms with Crippen LogP contribution >= 0.6 is 0 Å². The van der Waals surface area contributed by atoms with Gasteiger partial charge in [0, 0.05) is 5.39 Å². The van der Waals surface area contributed by atoms with Crippen molar-refractivity contribution in [2.75, 3.05) is 7.11 Å². The van der Waals surface area contributed by atoms with Crippen LogP contribution in [0.25, 0.3) is 10.9 Å². The minimum absolute atomic E-state index is 0.240. The largest absolute Gasteiger partial charge is 0.496 e. The first-order valence-corrected chi connectivity index (χ1v) is 5.37. The second-order valence-corrected chi connectivity index (χ2v) is 3.67. The molecule has 1 N–H and O–H groups in total. The molecule has 0 unspecified atom stereocenters. The summed E-state index contributed by atoms with van der Waals surface area (Å²) in [6.07, 6.45) is 0.592. The molecule has 2 aromatic rings.